The van der Waals surface area contributed by atoms with Gasteiger partial charge in [0.2, 0.25) is 0 Å². The molecule has 0 rings (SSSR count). The van der Waals surface area contributed by atoms with Gasteiger partial charge in [0.05, 0.1) is 0 Å². The normalized spacial score (nSPS) is 15.6. The van der Waals surface area contributed by atoms with Gasteiger partial charge in [0, 0.05) is 17.6 Å². The van der Waals surface area contributed by atoms with Gasteiger partial charge in [-0.15, -0.1) is 34.8 Å². The smallest absolute Gasteiger partial charge is 0.0226 e. The highest BCUT2D eigenvalue weighted by molar-refractivity contribution is 6.18. The molecule has 0 aromatic rings. The van der Waals surface area contributed by atoms with Crippen molar-refractivity contribution in [3.05, 3.63) is 0 Å². The van der Waals surface area contributed by atoms with Crippen molar-refractivity contribution in [1.82, 2.24) is 0 Å². The van der Waals surface area contributed by atoms with Crippen molar-refractivity contribution in [2.45, 2.75) is 39.5 Å². The number of halogens is 3. The average Bonchev–Trinajstić information content (AvgIpc) is 2.24. The lowest BCUT2D eigenvalue weighted by atomic mass is 9.77. The summed E-state index contributed by atoms with van der Waals surface area (Å²) in [4.78, 5) is 0. The summed E-state index contributed by atoms with van der Waals surface area (Å²) in [6, 6.07) is 0. The maximum atomic E-state index is 5.83. The molecular weight excluding hydrogens is 250 g/mol. The molecule has 0 aliphatic heterocycles. The van der Waals surface area contributed by atoms with Crippen LogP contribution in [0, 0.1) is 17.8 Å². The third-order valence-corrected chi connectivity index (χ3v) is 4.11. The molecule has 0 aromatic heterocycles. The molecule has 0 radical (unpaired) electrons. The highest BCUT2D eigenvalue weighted by atomic mass is 35.5. The predicted molar refractivity (Wildman–Crippen MR) is 72.4 cm³/mol. The van der Waals surface area contributed by atoms with Crippen LogP contribution in [0.3, 0.4) is 0 Å². The zero-order chi connectivity index (χ0) is 11.7. The van der Waals surface area contributed by atoms with Crippen LogP contribution in [-0.4, -0.2) is 17.6 Å². The predicted octanol–water partition coefficient (Wildman–Crippen LogP) is 5.15. The van der Waals surface area contributed by atoms with E-state index in [2.05, 4.69) is 13.8 Å². The lowest BCUT2D eigenvalue weighted by Gasteiger charge is -2.29. The standard InChI is InChI=1S/C12H23Cl3/c1-3-11(4-7-13)10(2)12(5-8-14)6-9-15/h10-12H,3-9H2,1-2H3. The Balaban J connectivity index is 4.22. The van der Waals surface area contributed by atoms with E-state index in [1.54, 1.807) is 0 Å². The first kappa shape index (κ1) is 15.9. The fourth-order valence-corrected chi connectivity index (χ4v) is 3.16. The van der Waals surface area contributed by atoms with E-state index >= 15 is 0 Å². The SMILES string of the molecule is CCC(CCCl)C(C)C(CCCl)CCCl. The molecule has 0 heterocycles. The third-order valence-electron chi connectivity index (χ3n) is 3.45. The summed E-state index contributed by atoms with van der Waals surface area (Å²) >= 11 is 17.5. The van der Waals surface area contributed by atoms with Gasteiger partial charge in [0.15, 0.2) is 0 Å². The Bertz CT molecular complexity index is 133. The third kappa shape index (κ3) is 6.24. The minimum atomic E-state index is 0.660. The van der Waals surface area contributed by atoms with E-state index in [4.69, 9.17) is 34.8 Å². The zero-order valence-corrected chi connectivity index (χ0v) is 12.1. The number of alkyl halides is 3. The maximum absolute atomic E-state index is 5.83. The number of hydrogen-bond acceptors (Lipinski definition) is 0. The minimum absolute atomic E-state index is 0.660. The van der Waals surface area contributed by atoms with Crippen LogP contribution in [0.4, 0.5) is 0 Å². The largest absolute Gasteiger partial charge is 0.127 e. The van der Waals surface area contributed by atoms with Crippen LogP contribution >= 0.6 is 34.8 Å². The average molecular weight is 274 g/mol. The fourth-order valence-electron chi connectivity index (χ4n) is 2.31. The molecule has 0 saturated heterocycles. The molecule has 0 spiro atoms. The maximum Gasteiger partial charge on any atom is 0.0226 e. The molecule has 15 heavy (non-hydrogen) atoms. The molecule has 0 nitrogen and oxygen atoms in total. The lowest BCUT2D eigenvalue weighted by molar-refractivity contribution is 0.225. The van der Waals surface area contributed by atoms with Crippen LogP contribution in [0.2, 0.25) is 0 Å². The molecule has 92 valence electrons. The van der Waals surface area contributed by atoms with Crippen LogP contribution < -0.4 is 0 Å². The summed E-state index contributed by atoms with van der Waals surface area (Å²) < 4.78 is 0. The van der Waals surface area contributed by atoms with Gasteiger partial charge in [-0.3, -0.25) is 0 Å². The molecule has 3 heteroatoms. The first-order valence-electron chi connectivity index (χ1n) is 5.89. The second-order valence-corrected chi connectivity index (χ2v) is 5.35. The molecular formula is C12H23Cl3. The van der Waals surface area contributed by atoms with Crippen LogP contribution in [0.15, 0.2) is 0 Å². The fraction of sp³-hybridized carbons (Fsp3) is 1.00. The lowest BCUT2D eigenvalue weighted by Crippen LogP contribution is -2.22. The Hall–Kier alpha value is 0.870. The summed E-state index contributed by atoms with van der Waals surface area (Å²) in [5, 5.41) is 0. The van der Waals surface area contributed by atoms with E-state index in [1.165, 1.54) is 6.42 Å². The number of hydrogen-bond donors (Lipinski definition) is 0. The Labute approximate surface area is 110 Å². The first-order valence-corrected chi connectivity index (χ1v) is 7.49. The Morgan fingerprint density at radius 3 is 1.53 bits per heavy atom. The summed E-state index contributed by atoms with van der Waals surface area (Å²) in [5.74, 6) is 4.31. The van der Waals surface area contributed by atoms with Crippen LogP contribution in [-0.2, 0) is 0 Å². The molecule has 0 aliphatic rings. The van der Waals surface area contributed by atoms with Crippen molar-refractivity contribution in [3.8, 4) is 0 Å². The Kier molecular flexibility index (Phi) is 10.6. The van der Waals surface area contributed by atoms with Crippen LogP contribution in [0.25, 0.3) is 0 Å². The van der Waals surface area contributed by atoms with E-state index in [0.717, 1.165) is 42.8 Å². The van der Waals surface area contributed by atoms with Crippen molar-refractivity contribution in [1.29, 1.82) is 0 Å². The minimum Gasteiger partial charge on any atom is -0.127 e. The van der Waals surface area contributed by atoms with Crippen molar-refractivity contribution in [2.75, 3.05) is 17.6 Å². The summed E-state index contributed by atoms with van der Waals surface area (Å²) in [5.41, 5.74) is 0. The second-order valence-electron chi connectivity index (χ2n) is 4.22. The highest BCUT2D eigenvalue weighted by Crippen LogP contribution is 2.31. The molecule has 0 fully saturated rings. The Morgan fingerprint density at radius 2 is 1.20 bits per heavy atom. The van der Waals surface area contributed by atoms with E-state index in [9.17, 15) is 0 Å². The monoisotopic (exact) mass is 272 g/mol. The van der Waals surface area contributed by atoms with E-state index in [1.807, 2.05) is 0 Å². The van der Waals surface area contributed by atoms with E-state index < -0.39 is 0 Å². The first-order chi connectivity index (χ1) is 7.21. The molecule has 0 amide bonds. The molecule has 0 N–H and O–H groups in total. The topological polar surface area (TPSA) is 0 Å². The summed E-state index contributed by atoms with van der Waals surface area (Å²) in [7, 11) is 0. The Morgan fingerprint density at radius 1 is 0.800 bits per heavy atom. The molecule has 0 aromatic carbocycles. The van der Waals surface area contributed by atoms with Gasteiger partial charge in [-0.25, -0.2) is 0 Å². The second kappa shape index (κ2) is 10.1. The van der Waals surface area contributed by atoms with Gasteiger partial charge in [0.1, 0.15) is 0 Å². The highest BCUT2D eigenvalue weighted by Gasteiger charge is 2.23. The summed E-state index contributed by atoms with van der Waals surface area (Å²) in [6.07, 6.45) is 4.47. The van der Waals surface area contributed by atoms with Gasteiger partial charge in [-0.1, -0.05) is 20.3 Å². The molecule has 2 unspecified atom stereocenters. The van der Waals surface area contributed by atoms with Gasteiger partial charge < -0.3 is 0 Å². The molecule has 0 aliphatic carbocycles. The van der Waals surface area contributed by atoms with Gasteiger partial charge >= 0.3 is 0 Å². The zero-order valence-electron chi connectivity index (χ0n) is 9.82. The van der Waals surface area contributed by atoms with Crippen LogP contribution in [0.1, 0.15) is 39.5 Å². The molecule has 0 bridgehead atoms. The van der Waals surface area contributed by atoms with Crippen molar-refractivity contribution in [3.63, 3.8) is 0 Å². The molecule has 2 atom stereocenters. The molecule has 0 saturated carbocycles. The van der Waals surface area contributed by atoms with Gasteiger partial charge in [0.25, 0.3) is 0 Å². The van der Waals surface area contributed by atoms with Gasteiger partial charge in [-0.05, 0) is 37.0 Å². The summed E-state index contributed by atoms with van der Waals surface area (Å²) in [6.45, 7) is 4.57. The van der Waals surface area contributed by atoms with Crippen LogP contribution in [0.5, 0.6) is 0 Å². The van der Waals surface area contributed by atoms with Crippen molar-refractivity contribution < 1.29 is 0 Å². The van der Waals surface area contributed by atoms with E-state index in [0.29, 0.717) is 11.8 Å². The number of rotatable bonds is 9. The van der Waals surface area contributed by atoms with E-state index in [-0.39, 0.29) is 0 Å². The quantitative estimate of drug-likeness (QED) is 0.510. The van der Waals surface area contributed by atoms with Gasteiger partial charge in [-0.2, -0.15) is 0 Å². The van der Waals surface area contributed by atoms with Crippen molar-refractivity contribution >= 4 is 34.8 Å². The van der Waals surface area contributed by atoms with Crippen molar-refractivity contribution in [2.24, 2.45) is 17.8 Å².